The minimum atomic E-state index is -4.24. The third-order valence-corrected chi connectivity index (χ3v) is 7.47. The highest BCUT2D eigenvalue weighted by molar-refractivity contribution is 7.52. The summed E-state index contributed by atoms with van der Waals surface area (Å²) >= 11 is 0. The predicted octanol–water partition coefficient (Wildman–Crippen LogP) is 1.13. The number of ether oxygens (including phenoxy) is 2. The Kier molecular flexibility index (Phi) is 8.22. The van der Waals surface area contributed by atoms with E-state index in [0.29, 0.717) is 5.52 Å². The third kappa shape index (κ3) is 6.04. The highest BCUT2D eigenvalue weighted by atomic mass is 31.2. The first-order valence-corrected chi connectivity index (χ1v) is 13.5. The zero-order valence-electron chi connectivity index (χ0n) is 21.5. The molecule has 0 radical (unpaired) electrons. The number of aliphatic hydroxyl groups excluding tert-OH is 1. The van der Waals surface area contributed by atoms with Gasteiger partial charge in [-0.25, -0.2) is 14.5 Å². The minimum Gasteiger partial charge on any atom is -0.462 e. The van der Waals surface area contributed by atoms with Crippen LogP contribution in [0.25, 0.3) is 11.2 Å². The molecule has 3 heterocycles. The summed E-state index contributed by atoms with van der Waals surface area (Å²) < 4.78 is 37.7. The summed E-state index contributed by atoms with van der Waals surface area (Å²) in [4.78, 5) is 24.6. The van der Waals surface area contributed by atoms with E-state index in [0.717, 1.165) is 0 Å². The molecule has 0 aliphatic carbocycles. The Labute approximate surface area is 224 Å². The fourth-order valence-electron chi connectivity index (χ4n) is 3.91. The van der Waals surface area contributed by atoms with Crippen molar-refractivity contribution in [3.8, 4) is 18.1 Å². The number of nitrogens with two attached hydrogens (primary N) is 2. The van der Waals surface area contributed by atoms with E-state index in [4.69, 9.17) is 36.4 Å². The Balaban J connectivity index is 1.57. The average molecular weight is 560 g/mol. The lowest BCUT2D eigenvalue weighted by atomic mass is 9.92. The molecule has 208 valence electrons. The predicted molar refractivity (Wildman–Crippen MR) is 140 cm³/mol. The van der Waals surface area contributed by atoms with Crippen molar-refractivity contribution in [1.82, 2.24) is 24.6 Å². The quantitative estimate of drug-likeness (QED) is 0.157. The molecule has 6 atom stereocenters. The number of nitrogens with one attached hydrogen (secondary N) is 1. The van der Waals surface area contributed by atoms with Crippen LogP contribution in [0.2, 0.25) is 0 Å². The van der Waals surface area contributed by atoms with Gasteiger partial charge >= 0.3 is 13.7 Å². The van der Waals surface area contributed by atoms with Crippen molar-refractivity contribution in [2.75, 3.05) is 12.3 Å². The van der Waals surface area contributed by atoms with Crippen molar-refractivity contribution in [3.63, 3.8) is 0 Å². The van der Waals surface area contributed by atoms with Crippen LogP contribution < -0.4 is 21.1 Å². The maximum absolute atomic E-state index is 13.8. The van der Waals surface area contributed by atoms with Gasteiger partial charge < -0.3 is 30.6 Å². The Bertz CT molecular complexity index is 1410. The lowest BCUT2D eigenvalue weighted by Crippen LogP contribution is -2.53. The largest absolute Gasteiger partial charge is 0.462 e. The number of carbonyl (C=O) groups is 1. The number of carbonyl (C=O) groups excluding carboxylic acids is 1. The number of hydrogen-bond donors (Lipinski definition) is 4. The van der Waals surface area contributed by atoms with Crippen LogP contribution in [0.1, 0.15) is 27.0 Å². The van der Waals surface area contributed by atoms with E-state index < -0.39 is 56.4 Å². The number of rotatable bonds is 10. The third-order valence-electron chi connectivity index (χ3n) is 5.83. The van der Waals surface area contributed by atoms with Gasteiger partial charge in [-0.15, -0.1) is 6.42 Å². The molecule has 3 aromatic rings. The van der Waals surface area contributed by atoms with Gasteiger partial charge in [0, 0.05) is 0 Å². The van der Waals surface area contributed by atoms with Crippen LogP contribution in [0.3, 0.4) is 0 Å². The Morgan fingerprint density at radius 3 is 2.72 bits per heavy atom. The average Bonchev–Trinajstić information content (AvgIpc) is 3.41. The molecule has 1 saturated heterocycles. The van der Waals surface area contributed by atoms with E-state index in [1.165, 1.54) is 24.0 Å². The van der Waals surface area contributed by atoms with Gasteiger partial charge in [0.2, 0.25) is 5.95 Å². The SMILES string of the molecule is C#CC1(N)[C@@H](O)[C@@H](COP(=O)(N[C@@H](C)C(=O)OC(C)C)Oc2ccccc2)O[C@H]1n1cnc2cnc(N)nc21. The lowest BCUT2D eigenvalue weighted by molar-refractivity contribution is -0.149. The van der Waals surface area contributed by atoms with Crippen LogP contribution in [0.4, 0.5) is 5.95 Å². The van der Waals surface area contributed by atoms with E-state index in [9.17, 15) is 14.5 Å². The summed E-state index contributed by atoms with van der Waals surface area (Å²) in [7, 11) is -4.24. The van der Waals surface area contributed by atoms with Gasteiger partial charge in [-0.05, 0) is 32.9 Å². The maximum atomic E-state index is 13.8. The van der Waals surface area contributed by atoms with Crippen molar-refractivity contribution < 1.29 is 33.0 Å². The van der Waals surface area contributed by atoms with Crippen LogP contribution in [-0.4, -0.2) is 67.1 Å². The number of aliphatic hydroxyl groups is 1. The first-order chi connectivity index (χ1) is 18.5. The summed E-state index contributed by atoms with van der Waals surface area (Å²) in [6.07, 6.45) is 4.35. The van der Waals surface area contributed by atoms with Crippen molar-refractivity contribution in [2.24, 2.45) is 5.73 Å². The van der Waals surface area contributed by atoms with Crippen LogP contribution in [0.15, 0.2) is 42.9 Å². The zero-order valence-corrected chi connectivity index (χ0v) is 22.4. The van der Waals surface area contributed by atoms with Crippen LogP contribution in [0.5, 0.6) is 5.75 Å². The fraction of sp³-hybridized carbons (Fsp3) is 0.417. The van der Waals surface area contributed by atoms with Gasteiger partial charge in [-0.2, -0.15) is 10.1 Å². The Morgan fingerprint density at radius 2 is 2.05 bits per heavy atom. The topological polar surface area (TPSA) is 199 Å². The molecule has 4 rings (SSSR count). The number of fused-ring (bicyclic) bond motifs is 1. The van der Waals surface area contributed by atoms with E-state index in [-0.39, 0.29) is 17.3 Å². The molecule has 2 aromatic heterocycles. The maximum Gasteiger partial charge on any atom is 0.459 e. The van der Waals surface area contributed by atoms with Gasteiger partial charge in [0.1, 0.15) is 29.5 Å². The van der Waals surface area contributed by atoms with E-state index in [1.54, 1.807) is 44.2 Å². The second kappa shape index (κ2) is 11.3. The molecule has 0 bridgehead atoms. The first-order valence-electron chi connectivity index (χ1n) is 12.0. The minimum absolute atomic E-state index is 0.0128. The lowest BCUT2D eigenvalue weighted by Gasteiger charge is -2.27. The van der Waals surface area contributed by atoms with Gasteiger partial charge in [-0.1, -0.05) is 24.1 Å². The molecule has 15 heteroatoms. The number of imidazole rings is 1. The molecule has 1 fully saturated rings. The first kappa shape index (κ1) is 28.4. The van der Waals surface area contributed by atoms with Crippen molar-refractivity contribution >= 4 is 30.8 Å². The molecule has 0 spiro atoms. The Hall–Kier alpha value is -3.57. The number of nitrogens with zero attached hydrogens (tertiary/aromatic N) is 4. The normalized spacial score (nSPS) is 25.2. The summed E-state index contributed by atoms with van der Waals surface area (Å²) in [6.45, 7) is 4.34. The van der Waals surface area contributed by atoms with Crippen molar-refractivity contribution in [2.45, 2.75) is 56.9 Å². The summed E-state index contributed by atoms with van der Waals surface area (Å²) in [6, 6.07) is 7.15. The molecular formula is C24H30N7O7P. The molecule has 14 nitrogen and oxygen atoms in total. The second-order valence-electron chi connectivity index (χ2n) is 9.17. The highest BCUT2D eigenvalue weighted by Gasteiger charge is 2.55. The molecular weight excluding hydrogens is 529 g/mol. The number of benzene rings is 1. The zero-order chi connectivity index (χ0) is 28.4. The number of esters is 1. The van der Waals surface area contributed by atoms with Crippen LogP contribution >= 0.6 is 7.75 Å². The smallest absolute Gasteiger partial charge is 0.459 e. The molecule has 2 unspecified atom stereocenters. The fourth-order valence-corrected chi connectivity index (χ4v) is 5.41. The van der Waals surface area contributed by atoms with E-state index in [2.05, 4.69) is 26.0 Å². The molecule has 0 saturated carbocycles. The number of anilines is 1. The van der Waals surface area contributed by atoms with E-state index >= 15 is 0 Å². The standard InChI is InChI=1S/C24H30N7O7P/c1-5-24(26)19(32)18(37-22(24)31-13-28-17-11-27-23(25)29-20(17)31)12-35-39(34,38-16-9-7-6-8-10-16)30-15(4)21(33)36-14(2)3/h1,6-11,13-15,18-19,22,32H,12,26H2,2-4H3,(H,30,34)(H2,25,27,29)/t15-,18+,19-,22+,24?,39?/m0/s1. The number of terminal acetylenes is 1. The molecule has 1 aliphatic rings. The van der Waals surface area contributed by atoms with Crippen LogP contribution in [-0.2, 0) is 23.4 Å². The van der Waals surface area contributed by atoms with Crippen molar-refractivity contribution in [3.05, 3.63) is 42.9 Å². The number of nitrogen functional groups attached to an aromatic ring is 1. The number of para-hydroxylation sites is 1. The molecule has 6 N–H and O–H groups in total. The monoisotopic (exact) mass is 559 g/mol. The van der Waals surface area contributed by atoms with Gasteiger partial charge in [0.15, 0.2) is 17.4 Å². The highest BCUT2D eigenvalue weighted by Crippen LogP contribution is 2.47. The summed E-state index contributed by atoms with van der Waals surface area (Å²) in [5, 5.41) is 13.6. The number of hydrogen-bond acceptors (Lipinski definition) is 12. The van der Waals surface area contributed by atoms with Crippen LogP contribution in [0, 0.1) is 12.3 Å². The van der Waals surface area contributed by atoms with Gasteiger partial charge in [0.05, 0.1) is 25.2 Å². The summed E-state index contributed by atoms with van der Waals surface area (Å²) in [5.74, 6) is 1.92. The molecule has 1 aliphatic heterocycles. The summed E-state index contributed by atoms with van der Waals surface area (Å²) in [5.41, 5.74) is 11.1. The van der Waals surface area contributed by atoms with Gasteiger partial charge in [0.25, 0.3) is 0 Å². The molecule has 0 amide bonds. The van der Waals surface area contributed by atoms with Gasteiger partial charge in [-0.3, -0.25) is 13.9 Å². The molecule has 39 heavy (non-hydrogen) atoms. The van der Waals surface area contributed by atoms with Crippen molar-refractivity contribution in [1.29, 1.82) is 0 Å². The van der Waals surface area contributed by atoms with E-state index in [1.807, 2.05) is 0 Å². The Morgan fingerprint density at radius 1 is 1.33 bits per heavy atom. The number of aromatic nitrogens is 4. The second-order valence-corrected chi connectivity index (χ2v) is 10.9. The molecule has 1 aromatic carbocycles.